The van der Waals surface area contributed by atoms with E-state index in [1.807, 2.05) is 13.0 Å². The van der Waals surface area contributed by atoms with Crippen LogP contribution in [0.3, 0.4) is 0 Å². The smallest absolute Gasteiger partial charge is 0.275 e. The molecule has 92 valence electrons. The van der Waals surface area contributed by atoms with Crippen LogP contribution < -0.4 is 5.32 Å². The molecule has 0 atom stereocenters. The molecule has 0 aliphatic rings. The Morgan fingerprint density at radius 3 is 2.78 bits per heavy atom. The van der Waals surface area contributed by atoms with Gasteiger partial charge in [-0.2, -0.15) is 0 Å². The second-order valence-corrected chi connectivity index (χ2v) is 3.60. The van der Waals surface area contributed by atoms with Gasteiger partial charge in [-0.1, -0.05) is 6.07 Å². The van der Waals surface area contributed by atoms with E-state index in [9.17, 15) is 10.1 Å². The largest absolute Gasteiger partial charge is 0.370 e. The van der Waals surface area contributed by atoms with Crippen LogP contribution in [0.2, 0.25) is 0 Å². The van der Waals surface area contributed by atoms with E-state index in [0.29, 0.717) is 23.8 Å². The lowest BCUT2D eigenvalue weighted by Gasteiger charge is -2.05. The van der Waals surface area contributed by atoms with Gasteiger partial charge in [0.25, 0.3) is 5.69 Å². The van der Waals surface area contributed by atoms with Crippen molar-refractivity contribution in [1.29, 1.82) is 0 Å². The zero-order valence-corrected chi connectivity index (χ0v) is 9.83. The average Bonchev–Trinajstić information content (AvgIpc) is 2.40. The lowest BCUT2D eigenvalue weighted by atomic mass is 10.2. The predicted molar refractivity (Wildman–Crippen MR) is 68.3 cm³/mol. The molecule has 0 aliphatic heterocycles. The fraction of sp³-hybridized carbons (Fsp3) is 0.167. The maximum Gasteiger partial charge on any atom is 0.275 e. The molecule has 0 radical (unpaired) electrons. The lowest BCUT2D eigenvalue weighted by molar-refractivity contribution is -0.384. The highest BCUT2D eigenvalue weighted by atomic mass is 16.6. The molecule has 0 amide bonds. The molecule has 6 nitrogen and oxygen atoms in total. The number of hydrogen-bond donors (Lipinski definition) is 1. The zero-order chi connectivity index (χ0) is 13.0. The van der Waals surface area contributed by atoms with Gasteiger partial charge in [0.05, 0.1) is 22.4 Å². The van der Waals surface area contributed by atoms with Crippen LogP contribution in [0.1, 0.15) is 6.92 Å². The quantitative estimate of drug-likeness (QED) is 0.660. The SMILES string of the molecule is CCNc1cc([N+](=O)[O-])cc(-c2ccccn2)n1. The Balaban J connectivity index is 2.50. The second kappa shape index (κ2) is 5.22. The highest BCUT2D eigenvalue weighted by Crippen LogP contribution is 2.23. The van der Waals surface area contributed by atoms with Crippen LogP contribution in [0, 0.1) is 10.1 Å². The van der Waals surface area contributed by atoms with Crippen LogP contribution in [0.15, 0.2) is 36.5 Å². The van der Waals surface area contributed by atoms with Crippen LogP contribution in [0.5, 0.6) is 0 Å². The highest BCUT2D eigenvalue weighted by molar-refractivity contribution is 5.62. The van der Waals surface area contributed by atoms with Crippen LogP contribution in [-0.2, 0) is 0 Å². The third kappa shape index (κ3) is 2.60. The first-order valence-electron chi connectivity index (χ1n) is 5.52. The minimum absolute atomic E-state index is 0.00148. The van der Waals surface area contributed by atoms with Crippen molar-refractivity contribution in [3.05, 3.63) is 46.6 Å². The van der Waals surface area contributed by atoms with Gasteiger partial charge in [-0.25, -0.2) is 4.98 Å². The number of pyridine rings is 2. The van der Waals surface area contributed by atoms with Gasteiger partial charge < -0.3 is 5.32 Å². The van der Waals surface area contributed by atoms with Crippen molar-refractivity contribution < 1.29 is 4.92 Å². The normalized spacial score (nSPS) is 10.1. The molecular weight excluding hydrogens is 232 g/mol. The minimum atomic E-state index is -0.436. The number of nitrogens with one attached hydrogen (secondary N) is 1. The van der Waals surface area contributed by atoms with Crippen LogP contribution in [-0.4, -0.2) is 21.4 Å². The van der Waals surface area contributed by atoms with E-state index in [2.05, 4.69) is 15.3 Å². The van der Waals surface area contributed by atoms with Gasteiger partial charge in [0, 0.05) is 18.8 Å². The molecule has 6 heteroatoms. The first-order chi connectivity index (χ1) is 8.70. The first-order valence-corrected chi connectivity index (χ1v) is 5.52. The molecule has 0 aromatic carbocycles. The monoisotopic (exact) mass is 244 g/mol. The molecule has 2 rings (SSSR count). The van der Waals surface area contributed by atoms with Crippen LogP contribution in [0.25, 0.3) is 11.4 Å². The molecule has 2 heterocycles. The van der Waals surface area contributed by atoms with Gasteiger partial charge in [-0.3, -0.25) is 15.1 Å². The molecule has 0 spiro atoms. The highest BCUT2D eigenvalue weighted by Gasteiger charge is 2.12. The Kier molecular flexibility index (Phi) is 3.47. The molecule has 0 unspecified atom stereocenters. The summed E-state index contributed by atoms with van der Waals surface area (Å²) in [5.74, 6) is 0.479. The van der Waals surface area contributed by atoms with E-state index in [4.69, 9.17) is 0 Å². The number of rotatable bonds is 4. The fourth-order valence-corrected chi connectivity index (χ4v) is 1.54. The van der Waals surface area contributed by atoms with Crippen molar-refractivity contribution >= 4 is 11.5 Å². The third-order valence-electron chi connectivity index (χ3n) is 2.31. The lowest BCUT2D eigenvalue weighted by Crippen LogP contribution is -2.02. The van der Waals surface area contributed by atoms with Gasteiger partial charge in [0.15, 0.2) is 0 Å². The molecule has 1 N–H and O–H groups in total. The van der Waals surface area contributed by atoms with E-state index < -0.39 is 4.92 Å². The fourth-order valence-electron chi connectivity index (χ4n) is 1.54. The number of hydrogen-bond acceptors (Lipinski definition) is 5. The average molecular weight is 244 g/mol. The number of nitrogens with zero attached hydrogens (tertiary/aromatic N) is 3. The summed E-state index contributed by atoms with van der Waals surface area (Å²) in [7, 11) is 0. The van der Waals surface area contributed by atoms with Gasteiger partial charge in [0.1, 0.15) is 5.82 Å². The minimum Gasteiger partial charge on any atom is -0.370 e. The predicted octanol–water partition coefficient (Wildman–Crippen LogP) is 2.48. The summed E-state index contributed by atoms with van der Waals surface area (Å²) < 4.78 is 0. The van der Waals surface area contributed by atoms with E-state index in [0.717, 1.165) is 0 Å². The Morgan fingerprint density at radius 2 is 2.17 bits per heavy atom. The maximum absolute atomic E-state index is 10.9. The Hall–Kier alpha value is -2.50. The summed E-state index contributed by atoms with van der Waals surface area (Å²) in [5, 5.41) is 13.8. The van der Waals surface area contributed by atoms with Crippen molar-refractivity contribution in [2.24, 2.45) is 0 Å². The molecule has 2 aromatic rings. The Labute approximate surface area is 104 Å². The summed E-state index contributed by atoms with van der Waals surface area (Å²) >= 11 is 0. The van der Waals surface area contributed by atoms with E-state index >= 15 is 0 Å². The van der Waals surface area contributed by atoms with Gasteiger partial charge in [0.2, 0.25) is 0 Å². The Bertz CT molecular complexity index is 557. The molecular formula is C12H12N4O2. The summed E-state index contributed by atoms with van der Waals surface area (Å²) in [6.45, 7) is 2.55. The van der Waals surface area contributed by atoms with Crippen LogP contribution >= 0.6 is 0 Å². The van der Waals surface area contributed by atoms with Gasteiger partial charge >= 0.3 is 0 Å². The van der Waals surface area contributed by atoms with Crippen molar-refractivity contribution in [3.8, 4) is 11.4 Å². The van der Waals surface area contributed by atoms with Crippen molar-refractivity contribution in [3.63, 3.8) is 0 Å². The summed E-state index contributed by atoms with van der Waals surface area (Å²) in [5.41, 5.74) is 1.10. The standard InChI is InChI=1S/C12H12N4O2/c1-2-13-12-8-9(16(17)18)7-11(15-12)10-5-3-4-6-14-10/h3-8H,2H2,1H3,(H,13,15). The molecule has 0 aliphatic carbocycles. The molecule has 18 heavy (non-hydrogen) atoms. The number of nitro groups is 1. The number of aromatic nitrogens is 2. The zero-order valence-electron chi connectivity index (χ0n) is 9.83. The maximum atomic E-state index is 10.9. The summed E-state index contributed by atoms with van der Waals surface area (Å²) in [6.07, 6.45) is 1.63. The van der Waals surface area contributed by atoms with Gasteiger partial charge in [-0.15, -0.1) is 0 Å². The molecule has 0 bridgehead atoms. The summed E-state index contributed by atoms with van der Waals surface area (Å²) in [6, 6.07) is 8.20. The van der Waals surface area contributed by atoms with Crippen molar-refractivity contribution in [2.45, 2.75) is 6.92 Å². The number of anilines is 1. The first kappa shape index (κ1) is 12.0. The Morgan fingerprint density at radius 1 is 1.33 bits per heavy atom. The van der Waals surface area contributed by atoms with Crippen molar-refractivity contribution in [1.82, 2.24) is 9.97 Å². The van der Waals surface area contributed by atoms with E-state index in [1.54, 1.807) is 18.3 Å². The summed E-state index contributed by atoms with van der Waals surface area (Å²) in [4.78, 5) is 18.9. The van der Waals surface area contributed by atoms with Crippen molar-refractivity contribution in [2.75, 3.05) is 11.9 Å². The van der Waals surface area contributed by atoms with E-state index in [1.165, 1.54) is 12.1 Å². The third-order valence-corrected chi connectivity index (χ3v) is 2.31. The molecule has 0 fully saturated rings. The topological polar surface area (TPSA) is 81.0 Å². The van der Waals surface area contributed by atoms with Crippen LogP contribution in [0.4, 0.5) is 11.5 Å². The van der Waals surface area contributed by atoms with Gasteiger partial charge in [-0.05, 0) is 19.1 Å². The molecule has 2 aromatic heterocycles. The van der Waals surface area contributed by atoms with E-state index in [-0.39, 0.29) is 5.69 Å². The second-order valence-electron chi connectivity index (χ2n) is 3.60. The molecule has 0 saturated heterocycles. The molecule has 0 saturated carbocycles.